The van der Waals surface area contributed by atoms with Crippen LogP contribution in [0.25, 0.3) is 0 Å². The van der Waals surface area contributed by atoms with Crippen LogP contribution in [0.4, 0.5) is 0 Å². The van der Waals surface area contributed by atoms with Gasteiger partial charge in [0.15, 0.2) is 5.78 Å². The van der Waals surface area contributed by atoms with Gasteiger partial charge in [-0.2, -0.15) is 0 Å². The number of alkyl halides is 2. The van der Waals surface area contributed by atoms with E-state index in [4.69, 9.17) is 4.74 Å². The van der Waals surface area contributed by atoms with Crippen molar-refractivity contribution in [3.05, 3.63) is 29.3 Å². The van der Waals surface area contributed by atoms with Gasteiger partial charge < -0.3 is 4.74 Å². The topological polar surface area (TPSA) is 26.3 Å². The molecular formula is C12H14Br2O2. The van der Waals surface area contributed by atoms with Crippen molar-refractivity contribution in [1.82, 2.24) is 0 Å². The SMILES string of the molecule is CCOc1cc(C(=O)CCBr)ccc1CBr. The fourth-order valence-corrected chi connectivity index (χ4v) is 2.18. The standard InChI is InChI=1S/C12H14Br2O2/c1-2-16-12-7-9(11(15)5-6-13)3-4-10(12)8-14/h3-4,7H,2,5-6,8H2,1H3. The maximum absolute atomic E-state index is 11.7. The largest absolute Gasteiger partial charge is 0.494 e. The highest BCUT2D eigenvalue weighted by molar-refractivity contribution is 9.09. The van der Waals surface area contributed by atoms with Crippen molar-refractivity contribution in [2.45, 2.75) is 18.7 Å². The van der Waals surface area contributed by atoms with Crippen LogP contribution in [0.15, 0.2) is 18.2 Å². The lowest BCUT2D eigenvalue weighted by Crippen LogP contribution is -2.02. The molecule has 0 heterocycles. The van der Waals surface area contributed by atoms with Gasteiger partial charge in [0.1, 0.15) is 5.75 Å². The second-order valence-electron chi connectivity index (χ2n) is 3.25. The molecule has 0 aliphatic heterocycles. The first-order valence-corrected chi connectivity index (χ1v) is 7.38. The van der Waals surface area contributed by atoms with Gasteiger partial charge in [-0.3, -0.25) is 4.79 Å². The number of hydrogen-bond acceptors (Lipinski definition) is 2. The molecule has 1 aromatic carbocycles. The van der Waals surface area contributed by atoms with Crippen LogP contribution in [0, 0.1) is 0 Å². The highest BCUT2D eigenvalue weighted by Crippen LogP contribution is 2.23. The summed E-state index contributed by atoms with van der Waals surface area (Å²) >= 11 is 6.66. The highest BCUT2D eigenvalue weighted by Gasteiger charge is 2.09. The highest BCUT2D eigenvalue weighted by atomic mass is 79.9. The Bertz CT molecular complexity index is 364. The number of hydrogen-bond donors (Lipinski definition) is 0. The van der Waals surface area contributed by atoms with Gasteiger partial charge in [0.25, 0.3) is 0 Å². The number of benzene rings is 1. The van der Waals surface area contributed by atoms with E-state index in [9.17, 15) is 4.79 Å². The summed E-state index contributed by atoms with van der Waals surface area (Å²) in [7, 11) is 0. The number of carbonyl (C=O) groups is 1. The number of rotatable bonds is 6. The second kappa shape index (κ2) is 7.07. The molecule has 1 rings (SSSR count). The summed E-state index contributed by atoms with van der Waals surface area (Å²) in [5, 5.41) is 1.42. The molecular weight excluding hydrogens is 336 g/mol. The molecule has 0 aliphatic carbocycles. The third kappa shape index (κ3) is 3.59. The zero-order chi connectivity index (χ0) is 12.0. The first-order chi connectivity index (χ1) is 7.72. The predicted octanol–water partition coefficient (Wildman–Crippen LogP) is 3.95. The van der Waals surface area contributed by atoms with Gasteiger partial charge in [-0.25, -0.2) is 0 Å². The zero-order valence-corrected chi connectivity index (χ0v) is 12.3. The van der Waals surface area contributed by atoms with E-state index < -0.39 is 0 Å². The monoisotopic (exact) mass is 348 g/mol. The molecule has 2 nitrogen and oxygen atoms in total. The maximum atomic E-state index is 11.7. The Hall–Kier alpha value is -0.350. The van der Waals surface area contributed by atoms with Crippen molar-refractivity contribution in [1.29, 1.82) is 0 Å². The van der Waals surface area contributed by atoms with Crippen molar-refractivity contribution in [2.75, 3.05) is 11.9 Å². The molecule has 0 amide bonds. The number of ketones is 1. The van der Waals surface area contributed by atoms with E-state index in [1.54, 1.807) is 0 Å². The summed E-state index contributed by atoms with van der Waals surface area (Å²) in [5.74, 6) is 0.929. The van der Waals surface area contributed by atoms with Crippen molar-refractivity contribution >= 4 is 37.6 Å². The zero-order valence-electron chi connectivity index (χ0n) is 9.13. The third-order valence-electron chi connectivity index (χ3n) is 2.15. The minimum atomic E-state index is 0.138. The summed E-state index contributed by atoms with van der Waals surface area (Å²) in [6.07, 6.45) is 0.513. The molecule has 0 radical (unpaired) electrons. The summed E-state index contributed by atoms with van der Waals surface area (Å²) in [5.41, 5.74) is 1.78. The average Bonchev–Trinajstić information content (AvgIpc) is 2.29. The van der Waals surface area contributed by atoms with Crippen molar-refractivity contribution < 1.29 is 9.53 Å². The van der Waals surface area contributed by atoms with E-state index in [0.717, 1.165) is 16.6 Å². The Morgan fingerprint density at radius 3 is 2.69 bits per heavy atom. The molecule has 0 N–H and O–H groups in total. The van der Waals surface area contributed by atoms with Gasteiger partial charge >= 0.3 is 0 Å². The molecule has 0 fully saturated rings. The van der Waals surface area contributed by atoms with E-state index in [2.05, 4.69) is 31.9 Å². The second-order valence-corrected chi connectivity index (χ2v) is 4.61. The minimum Gasteiger partial charge on any atom is -0.494 e. The van der Waals surface area contributed by atoms with Crippen LogP contribution in [0.5, 0.6) is 5.75 Å². The fraction of sp³-hybridized carbons (Fsp3) is 0.417. The Labute approximate surface area is 113 Å². The number of halogens is 2. The van der Waals surface area contributed by atoms with Crippen molar-refractivity contribution in [2.24, 2.45) is 0 Å². The van der Waals surface area contributed by atoms with Gasteiger partial charge in [-0.15, -0.1) is 0 Å². The Morgan fingerprint density at radius 2 is 2.12 bits per heavy atom. The first-order valence-electron chi connectivity index (χ1n) is 5.13. The Kier molecular flexibility index (Phi) is 6.06. The van der Waals surface area contributed by atoms with Crippen LogP contribution >= 0.6 is 31.9 Å². The van der Waals surface area contributed by atoms with Crippen LogP contribution < -0.4 is 4.74 Å². The van der Waals surface area contributed by atoms with E-state index in [0.29, 0.717) is 23.9 Å². The molecule has 0 saturated carbocycles. The maximum Gasteiger partial charge on any atom is 0.163 e. The molecule has 1 aromatic rings. The smallest absolute Gasteiger partial charge is 0.163 e. The lowest BCUT2D eigenvalue weighted by molar-refractivity contribution is 0.0989. The van der Waals surface area contributed by atoms with E-state index >= 15 is 0 Å². The molecule has 0 unspecified atom stereocenters. The van der Waals surface area contributed by atoms with Gasteiger partial charge in [-0.1, -0.05) is 44.0 Å². The number of Topliss-reactive ketones (excluding diaryl/α,β-unsaturated/α-hetero) is 1. The molecule has 0 spiro atoms. The van der Waals surface area contributed by atoms with Crippen LogP contribution in [0.2, 0.25) is 0 Å². The normalized spacial score (nSPS) is 10.2. The first kappa shape index (κ1) is 13.7. The average molecular weight is 350 g/mol. The summed E-state index contributed by atoms with van der Waals surface area (Å²) in [4.78, 5) is 11.7. The van der Waals surface area contributed by atoms with Crippen molar-refractivity contribution in [3.8, 4) is 5.75 Å². The molecule has 4 heteroatoms. The van der Waals surface area contributed by atoms with Crippen molar-refractivity contribution in [3.63, 3.8) is 0 Å². The van der Waals surface area contributed by atoms with Crippen LogP contribution in [-0.4, -0.2) is 17.7 Å². The molecule has 0 aliphatic rings. The van der Waals surface area contributed by atoms with Crippen LogP contribution in [0.1, 0.15) is 29.3 Å². The number of carbonyl (C=O) groups excluding carboxylic acids is 1. The predicted molar refractivity (Wildman–Crippen MR) is 73.0 cm³/mol. The van der Waals surface area contributed by atoms with Gasteiger partial charge in [0, 0.05) is 28.2 Å². The summed E-state index contributed by atoms with van der Waals surface area (Å²) in [6.45, 7) is 2.54. The lowest BCUT2D eigenvalue weighted by atomic mass is 10.1. The lowest BCUT2D eigenvalue weighted by Gasteiger charge is -2.09. The summed E-state index contributed by atoms with van der Waals surface area (Å²) < 4.78 is 5.50. The number of ether oxygens (including phenoxy) is 1. The molecule has 16 heavy (non-hydrogen) atoms. The fourth-order valence-electron chi connectivity index (χ4n) is 1.36. The molecule has 0 saturated heterocycles. The van der Waals surface area contributed by atoms with Gasteiger partial charge in [-0.05, 0) is 13.0 Å². The molecule has 0 bridgehead atoms. The van der Waals surface area contributed by atoms with E-state index in [1.165, 1.54) is 0 Å². The van der Waals surface area contributed by atoms with Crippen LogP contribution in [0.3, 0.4) is 0 Å². The molecule has 0 atom stereocenters. The van der Waals surface area contributed by atoms with Gasteiger partial charge in [0.2, 0.25) is 0 Å². The molecule has 88 valence electrons. The third-order valence-corrected chi connectivity index (χ3v) is 3.16. The van der Waals surface area contributed by atoms with Crippen LogP contribution in [-0.2, 0) is 5.33 Å². The Morgan fingerprint density at radius 1 is 1.38 bits per heavy atom. The quantitative estimate of drug-likeness (QED) is 0.574. The minimum absolute atomic E-state index is 0.138. The van der Waals surface area contributed by atoms with Gasteiger partial charge in [0.05, 0.1) is 6.61 Å². The summed E-state index contributed by atoms with van der Waals surface area (Å²) in [6, 6.07) is 5.61. The molecule has 0 aromatic heterocycles. The van der Waals surface area contributed by atoms with E-state index in [-0.39, 0.29) is 5.78 Å². The van der Waals surface area contributed by atoms with E-state index in [1.807, 2.05) is 25.1 Å². The Balaban J connectivity index is 2.96.